The van der Waals surface area contributed by atoms with Gasteiger partial charge in [-0.3, -0.25) is 0 Å². The maximum absolute atomic E-state index is 14.3. The molecule has 0 fully saturated rings. The highest BCUT2D eigenvalue weighted by atomic mass is 32.1. The van der Waals surface area contributed by atoms with Crippen molar-refractivity contribution in [3.63, 3.8) is 0 Å². The summed E-state index contributed by atoms with van der Waals surface area (Å²) in [5.41, 5.74) is 2.39. The predicted molar refractivity (Wildman–Crippen MR) is 88.2 cm³/mol. The predicted octanol–water partition coefficient (Wildman–Crippen LogP) is 4.57. The Morgan fingerprint density at radius 1 is 1.33 bits per heavy atom. The van der Waals surface area contributed by atoms with Crippen LogP contribution in [0.25, 0.3) is 10.6 Å². The summed E-state index contributed by atoms with van der Waals surface area (Å²) < 4.78 is 14.3. The van der Waals surface area contributed by atoms with E-state index < -0.39 is 0 Å². The van der Waals surface area contributed by atoms with Gasteiger partial charge in [-0.1, -0.05) is 32.9 Å². The second-order valence-electron chi connectivity index (χ2n) is 5.70. The van der Waals surface area contributed by atoms with Gasteiger partial charge in [0.2, 0.25) is 0 Å². The number of rotatable bonds is 6. The van der Waals surface area contributed by atoms with Crippen LogP contribution in [0.5, 0.6) is 0 Å². The Morgan fingerprint density at radius 2 is 2.10 bits per heavy atom. The van der Waals surface area contributed by atoms with E-state index in [9.17, 15) is 4.39 Å². The minimum absolute atomic E-state index is 0.155. The first-order valence-corrected chi connectivity index (χ1v) is 8.29. The summed E-state index contributed by atoms with van der Waals surface area (Å²) >= 11 is 1.60. The third-order valence-electron chi connectivity index (χ3n) is 3.34. The Kier molecular flexibility index (Phi) is 5.48. The number of nitrogens with one attached hydrogen (secondary N) is 1. The van der Waals surface area contributed by atoms with Crippen LogP contribution in [-0.2, 0) is 13.0 Å². The van der Waals surface area contributed by atoms with Crippen LogP contribution in [0.3, 0.4) is 0 Å². The van der Waals surface area contributed by atoms with Gasteiger partial charge < -0.3 is 5.32 Å². The number of nitrogens with zero attached hydrogens (tertiary/aromatic N) is 1. The number of aromatic nitrogens is 1. The average Bonchev–Trinajstić information content (AvgIpc) is 2.81. The van der Waals surface area contributed by atoms with Crippen LogP contribution < -0.4 is 5.32 Å². The Bertz CT molecular complexity index is 605. The fourth-order valence-corrected chi connectivity index (χ4v) is 3.31. The summed E-state index contributed by atoms with van der Waals surface area (Å²) in [4.78, 5) is 5.94. The Balaban J connectivity index is 2.40. The molecule has 1 aromatic heterocycles. The van der Waals surface area contributed by atoms with Gasteiger partial charge in [-0.05, 0) is 37.4 Å². The molecule has 2 nitrogen and oxygen atoms in total. The largest absolute Gasteiger partial charge is 0.312 e. The Labute approximate surface area is 130 Å². The molecule has 0 saturated heterocycles. The molecule has 1 heterocycles. The number of halogens is 1. The smallest absolute Gasteiger partial charge is 0.136 e. The summed E-state index contributed by atoms with van der Waals surface area (Å²) in [7, 11) is 0. The standard InChI is InChI=1S/C17H23FN2S/c1-5-19-10-15-14(9-11(2)3)20-17(21-15)13-8-6-7-12(4)16(13)18/h6-8,11,19H,5,9-10H2,1-4H3. The number of hydrogen-bond acceptors (Lipinski definition) is 3. The molecule has 0 spiro atoms. The second kappa shape index (κ2) is 7.14. The molecule has 114 valence electrons. The van der Waals surface area contributed by atoms with Gasteiger partial charge in [0.1, 0.15) is 10.8 Å². The van der Waals surface area contributed by atoms with Gasteiger partial charge in [0.25, 0.3) is 0 Å². The van der Waals surface area contributed by atoms with Crippen molar-refractivity contribution in [1.29, 1.82) is 0 Å². The second-order valence-corrected chi connectivity index (χ2v) is 6.79. The van der Waals surface area contributed by atoms with Crippen molar-refractivity contribution in [3.8, 4) is 10.6 Å². The first-order valence-electron chi connectivity index (χ1n) is 7.47. The molecule has 2 rings (SSSR count). The van der Waals surface area contributed by atoms with Crippen molar-refractivity contribution in [1.82, 2.24) is 10.3 Å². The van der Waals surface area contributed by atoms with Gasteiger partial charge in [0.15, 0.2) is 0 Å². The molecular formula is C17H23FN2S. The third kappa shape index (κ3) is 3.89. The molecule has 21 heavy (non-hydrogen) atoms. The van der Waals surface area contributed by atoms with Crippen LogP contribution in [0.15, 0.2) is 18.2 Å². The molecule has 0 atom stereocenters. The van der Waals surface area contributed by atoms with Crippen LogP contribution in [-0.4, -0.2) is 11.5 Å². The lowest BCUT2D eigenvalue weighted by atomic mass is 10.1. The number of hydrogen-bond donors (Lipinski definition) is 1. The summed E-state index contributed by atoms with van der Waals surface area (Å²) in [5.74, 6) is 0.389. The number of aryl methyl sites for hydroxylation is 1. The lowest BCUT2D eigenvalue weighted by molar-refractivity contribution is 0.620. The molecule has 0 aliphatic heterocycles. The van der Waals surface area contributed by atoms with E-state index in [1.54, 1.807) is 24.3 Å². The van der Waals surface area contributed by atoms with Gasteiger partial charge >= 0.3 is 0 Å². The van der Waals surface area contributed by atoms with Crippen molar-refractivity contribution in [2.75, 3.05) is 6.54 Å². The van der Waals surface area contributed by atoms with Crippen LogP contribution in [0, 0.1) is 18.7 Å². The van der Waals surface area contributed by atoms with Gasteiger partial charge in [-0.25, -0.2) is 9.37 Å². The van der Waals surface area contributed by atoms with Crippen molar-refractivity contribution >= 4 is 11.3 Å². The van der Waals surface area contributed by atoms with E-state index in [4.69, 9.17) is 4.98 Å². The highest BCUT2D eigenvalue weighted by Gasteiger charge is 2.16. The minimum atomic E-state index is -0.155. The van der Waals surface area contributed by atoms with Crippen molar-refractivity contribution in [2.45, 2.75) is 40.7 Å². The summed E-state index contributed by atoms with van der Waals surface area (Å²) in [5, 5.41) is 4.14. The van der Waals surface area contributed by atoms with E-state index in [0.29, 0.717) is 17.0 Å². The fourth-order valence-electron chi connectivity index (χ4n) is 2.23. The van der Waals surface area contributed by atoms with Crippen LogP contribution in [0.2, 0.25) is 0 Å². The zero-order valence-electron chi connectivity index (χ0n) is 13.2. The van der Waals surface area contributed by atoms with E-state index in [1.165, 1.54) is 4.88 Å². The molecule has 0 aliphatic carbocycles. The molecule has 0 saturated carbocycles. The first kappa shape index (κ1) is 16.1. The topological polar surface area (TPSA) is 24.9 Å². The Hall–Kier alpha value is -1.26. The lowest BCUT2D eigenvalue weighted by Crippen LogP contribution is -2.12. The summed E-state index contributed by atoms with van der Waals surface area (Å²) in [6.07, 6.45) is 0.935. The monoisotopic (exact) mass is 306 g/mol. The summed E-state index contributed by atoms with van der Waals surface area (Å²) in [6, 6.07) is 5.50. The molecule has 0 amide bonds. The zero-order chi connectivity index (χ0) is 15.4. The highest BCUT2D eigenvalue weighted by molar-refractivity contribution is 7.15. The van der Waals surface area contributed by atoms with Gasteiger partial charge in [-0.2, -0.15) is 0 Å². The molecule has 1 aromatic carbocycles. The zero-order valence-corrected chi connectivity index (χ0v) is 14.0. The SMILES string of the molecule is CCNCc1sc(-c2cccc(C)c2F)nc1CC(C)C. The van der Waals surface area contributed by atoms with Crippen LogP contribution >= 0.6 is 11.3 Å². The molecule has 0 aliphatic rings. The molecule has 1 N–H and O–H groups in total. The average molecular weight is 306 g/mol. The molecule has 0 radical (unpaired) electrons. The maximum Gasteiger partial charge on any atom is 0.136 e. The van der Waals surface area contributed by atoms with Crippen molar-refractivity contribution in [2.24, 2.45) is 5.92 Å². The molecule has 0 unspecified atom stereocenters. The van der Waals surface area contributed by atoms with Crippen molar-refractivity contribution < 1.29 is 4.39 Å². The van der Waals surface area contributed by atoms with Crippen LogP contribution in [0.4, 0.5) is 4.39 Å². The van der Waals surface area contributed by atoms with Gasteiger partial charge in [0.05, 0.1) is 5.69 Å². The van der Waals surface area contributed by atoms with E-state index >= 15 is 0 Å². The normalized spacial score (nSPS) is 11.3. The molecule has 0 bridgehead atoms. The molecule has 4 heteroatoms. The number of thiazole rings is 1. The molecule has 2 aromatic rings. The summed E-state index contributed by atoms with van der Waals surface area (Å²) in [6.45, 7) is 9.98. The third-order valence-corrected chi connectivity index (χ3v) is 4.47. The van der Waals surface area contributed by atoms with E-state index in [1.807, 2.05) is 12.1 Å². The maximum atomic E-state index is 14.3. The first-order chi connectivity index (χ1) is 10.0. The number of benzene rings is 1. The van der Waals surface area contributed by atoms with E-state index in [2.05, 4.69) is 26.1 Å². The molecular weight excluding hydrogens is 283 g/mol. The van der Waals surface area contributed by atoms with Crippen LogP contribution in [0.1, 0.15) is 36.9 Å². The highest BCUT2D eigenvalue weighted by Crippen LogP contribution is 2.32. The van der Waals surface area contributed by atoms with E-state index in [-0.39, 0.29) is 5.82 Å². The minimum Gasteiger partial charge on any atom is -0.312 e. The van der Waals surface area contributed by atoms with Gasteiger partial charge in [0, 0.05) is 17.0 Å². The quantitative estimate of drug-likeness (QED) is 0.846. The Morgan fingerprint density at radius 3 is 2.76 bits per heavy atom. The van der Waals surface area contributed by atoms with E-state index in [0.717, 1.165) is 30.2 Å². The van der Waals surface area contributed by atoms with Gasteiger partial charge in [-0.15, -0.1) is 11.3 Å². The lowest BCUT2D eigenvalue weighted by Gasteiger charge is -2.05. The van der Waals surface area contributed by atoms with Crippen molar-refractivity contribution in [3.05, 3.63) is 40.2 Å². The fraction of sp³-hybridized carbons (Fsp3) is 0.471.